The van der Waals surface area contributed by atoms with E-state index in [9.17, 15) is 9.59 Å². The van der Waals surface area contributed by atoms with Crippen molar-refractivity contribution in [1.29, 1.82) is 0 Å². The molecule has 0 bridgehead atoms. The fourth-order valence-electron chi connectivity index (χ4n) is 1.41. The number of nitrogens with one attached hydrogen (secondary N) is 2. The molecule has 19 heavy (non-hydrogen) atoms. The van der Waals surface area contributed by atoms with Crippen molar-refractivity contribution in [3.8, 4) is 0 Å². The van der Waals surface area contributed by atoms with Gasteiger partial charge in [-0.25, -0.2) is 0 Å². The maximum Gasteiger partial charge on any atom is 0.251 e. The van der Waals surface area contributed by atoms with Gasteiger partial charge in [0.2, 0.25) is 5.91 Å². The monoisotopic (exact) mass is 265 g/mol. The van der Waals surface area contributed by atoms with Gasteiger partial charge in [0.15, 0.2) is 0 Å². The van der Waals surface area contributed by atoms with Crippen molar-refractivity contribution in [2.24, 2.45) is 0 Å². The highest BCUT2D eigenvalue weighted by Crippen LogP contribution is 2.04. The SMILES string of the molecule is COCCNC(=O)CCNC(=O)c1ccc(N)cc1. The number of nitrogen functional groups attached to an aromatic ring is 1. The molecular formula is C13H19N3O3. The molecule has 2 amide bonds. The first-order chi connectivity index (χ1) is 9.13. The lowest BCUT2D eigenvalue weighted by Crippen LogP contribution is -2.32. The summed E-state index contributed by atoms with van der Waals surface area (Å²) in [5.41, 5.74) is 6.66. The first kappa shape index (κ1) is 15.0. The Morgan fingerprint density at radius 1 is 1.16 bits per heavy atom. The molecule has 0 spiro atoms. The minimum absolute atomic E-state index is 0.116. The van der Waals surface area contributed by atoms with E-state index in [1.54, 1.807) is 31.4 Å². The van der Waals surface area contributed by atoms with Crippen LogP contribution in [0.2, 0.25) is 0 Å². The van der Waals surface area contributed by atoms with Gasteiger partial charge >= 0.3 is 0 Å². The van der Waals surface area contributed by atoms with E-state index in [2.05, 4.69) is 10.6 Å². The Balaban J connectivity index is 2.23. The van der Waals surface area contributed by atoms with E-state index in [0.717, 1.165) is 0 Å². The maximum absolute atomic E-state index is 11.7. The number of ether oxygens (including phenoxy) is 1. The summed E-state index contributed by atoms with van der Waals surface area (Å²) < 4.78 is 4.81. The molecule has 0 unspecified atom stereocenters. The van der Waals surface area contributed by atoms with Crippen LogP contribution in [0.4, 0.5) is 5.69 Å². The van der Waals surface area contributed by atoms with Gasteiger partial charge in [-0.15, -0.1) is 0 Å². The van der Waals surface area contributed by atoms with Crippen molar-refractivity contribution in [2.45, 2.75) is 6.42 Å². The van der Waals surface area contributed by atoms with E-state index in [4.69, 9.17) is 10.5 Å². The van der Waals surface area contributed by atoms with Crippen LogP contribution in [0.25, 0.3) is 0 Å². The molecule has 0 atom stereocenters. The van der Waals surface area contributed by atoms with Gasteiger partial charge in [-0.3, -0.25) is 9.59 Å². The molecule has 0 aromatic heterocycles. The highest BCUT2D eigenvalue weighted by molar-refractivity contribution is 5.94. The van der Waals surface area contributed by atoms with E-state index < -0.39 is 0 Å². The van der Waals surface area contributed by atoms with Gasteiger partial charge < -0.3 is 21.1 Å². The summed E-state index contributed by atoms with van der Waals surface area (Å²) in [7, 11) is 1.57. The van der Waals surface area contributed by atoms with Crippen LogP contribution in [0.5, 0.6) is 0 Å². The predicted molar refractivity (Wildman–Crippen MR) is 72.7 cm³/mol. The Morgan fingerprint density at radius 2 is 1.84 bits per heavy atom. The molecule has 0 saturated carbocycles. The van der Waals surface area contributed by atoms with Gasteiger partial charge in [-0.1, -0.05) is 0 Å². The van der Waals surface area contributed by atoms with Gasteiger partial charge in [-0.05, 0) is 24.3 Å². The average Bonchev–Trinajstić information content (AvgIpc) is 2.39. The molecule has 0 aliphatic rings. The number of benzene rings is 1. The molecule has 0 radical (unpaired) electrons. The van der Waals surface area contributed by atoms with Crippen LogP contribution in [0, 0.1) is 0 Å². The van der Waals surface area contributed by atoms with Gasteiger partial charge in [0.25, 0.3) is 5.91 Å². The van der Waals surface area contributed by atoms with Crippen LogP contribution in [0.3, 0.4) is 0 Å². The molecule has 0 saturated heterocycles. The largest absolute Gasteiger partial charge is 0.399 e. The second-order valence-electron chi connectivity index (χ2n) is 3.97. The van der Waals surface area contributed by atoms with E-state index in [-0.39, 0.29) is 18.2 Å². The summed E-state index contributed by atoms with van der Waals surface area (Å²) in [6.07, 6.45) is 0.241. The van der Waals surface area contributed by atoms with Crippen LogP contribution in [-0.2, 0) is 9.53 Å². The zero-order chi connectivity index (χ0) is 14.1. The Hall–Kier alpha value is -2.08. The van der Waals surface area contributed by atoms with Gasteiger partial charge in [0.1, 0.15) is 0 Å². The normalized spacial score (nSPS) is 9.95. The maximum atomic E-state index is 11.7. The van der Waals surface area contributed by atoms with Crippen LogP contribution in [-0.4, -0.2) is 38.6 Å². The molecule has 6 heteroatoms. The lowest BCUT2D eigenvalue weighted by Gasteiger charge is -2.06. The number of rotatable bonds is 7. The molecule has 4 N–H and O–H groups in total. The number of hydrogen-bond acceptors (Lipinski definition) is 4. The molecular weight excluding hydrogens is 246 g/mol. The van der Waals surface area contributed by atoms with Crippen molar-refractivity contribution in [1.82, 2.24) is 10.6 Å². The molecule has 0 aliphatic carbocycles. The third-order valence-corrected chi connectivity index (χ3v) is 2.44. The molecule has 1 aromatic rings. The molecule has 1 rings (SSSR count). The van der Waals surface area contributed by atoms with Gasteiger partial charge in [-0.2, -0.15) is 0 Å². The average molecular weight is 265 g/mol. The van der Waals surface area contributed by atoms with Crippen LogP contribution in [0.15, 0.2) is 24.3 Å². The summed E-state index contributed by atoms with van der Waals surface area (Å²) >= 11 is 0. The van der Waals surface area contributed by atoms with Crippen molar-refractivity contribution in [3.63, 3.8) is 0 Å². The van der Waals surface area contributed by atoms with Gasteiger partial charge in [0, 0.05) is 37.9 Å². The fourth-order valence-corrected chi connectivity index (χ4v) is 1.41. The van der Waals surface area contributed by atoms with E-state index in [1.807, 2.05) is 0 Å². The smallest absolute Gasteiger partial charge is 0.251 e. The summed E-state index contributed by atoms with van der Waals surface area (Å²) in [4.78, 5) is 23.0. The Bertz CT molecular complexity index is 418. The number of anilines is 1. The highest BCUT2D eigenvalue weighted by Gasteiger charge is 2.06. The third-order valence-electron chi connectivity index (χ3n) is 2.44. The van der Waals surface area contributed by atoms with Crippen LogP contribution < -0.4 is 16.4 Å². The molecule has 104 valence electrons. The molecule has 0 fully saturated rings. The number of carbonyl (C=O) groups is 2. The van der Waals surface area contributed by atoms with E-state index >= 15 is 0 Å². The first-order valence-electron chi connectivity index (χ1n) is 6.03. The number of carbonyl (C=O) groups excluding carboxylic acids is 2. The summed E-state index contributed by atoms with van der Waals surface area (Å²) in [5, 5.41) is 5.34. The molecule has 6 nitrogen and oxygen atoms in total. The summed E-state index contributed by atoms with van der Waals surface area (Å²) in [5.74, 6) is -0.334. The summed E-state index contributed by atoms with van der Waals surface area (Å²) in [6.45, 7) is 1.24. The zero-order valence-corrected chi connectivity index (χ0v) is 10.9. The van der Waals surface area contributed by atoms with E-state index in [0.29, 0.717) is 30.9 Å². The Morgan fingerprint density at radius 3 is 2.47 bits per heavy atom. The molecule has 0 heterocycles. The lowest BCUT2D eigenvalue weighted by molar-refractivity contribution is -0.121. The molecule has 0 aliphatic heterocycles. The molecule has 1 aromatic carbocycles. The fraction of sp³-hybridized carbons (Fsp3) is 0.385. The standard InChI is InChI=1S/C13H19N3O3/c1-19-9-8-15-12(17)6-7-16-13(18)10-2-4-11(14)5-3-10/h2-5H,6-9,14H2,1H3,(H,15,17)(H,16,18). The minimum Gasteiger partial charge on any atom is -0.399 e. The van der Waals surface area contributed by atoms with E-state index in [1.165, 1.54) is 0 Å². The van der Waals surface area contributed by atoms with Crippen molar-refractivity contribution in [3.05, 3.63) is 29.8 Å². The van der Waals surface area contributed by atoms with Crippen molar-refractivity contribution < 1.29 is 14.3 Å². The predicted octanol–water partition coefficient (Wildman–Crippen LogP) is 0.151. The van der Waals surface area contributed by atoms with Crippen molar-refractivity contribution >= 4 is 17.5 Å². The van der Waals surface area contributed by atoms with Gasteiger partial charge in [0.05, 0.1) is 6.61 Å². The summed E-state index contributed by atoms with van der Waals surface area (Å²) in [6, 6.07) is 6.60. The number of amides is 2. The highest BCUT2D eigenvalue weighted by atomic mass is 16.5. The topological polar surface area (TPSA) is 93.5 Å². The Kier molecular flexibility index (Phi) is 6.38. The first-order valence-corrected chi connectivity index (χ1v) is 6.03. The second kappa shape index (κ2) is 8.10. The van der Waals surface area contributed by atoms with Crippen LogP contribution in [0.1, 0.15) is 16.8 Å². The van der Waals surface area contributed by atoms with Crippen molar-refractivity contribution in [2.75, 3.05) is 32.5 Å². The third kappa shape index (κ3) is 5.87. The number of methoxy groups -OCH3 is 1. The zero-order valence-electron chi connectivity index (χ0n) is 10.9. The number of nitrogens with two attached hydrogens (primary N) is 1. The Labute approximate surface area is 112 Å². The minimum atomic E-state index is -0.218. The van der Waals surface area contributed by atoms with Crippen LogP contribution >= 0.6 is 0 Å². The number of hydrogen-bond donors (Lipinski definition) is 3. The quantitative estimate of drug-likeness (QED) is 0.483. The lowest BCUT2D eigenvalue weighted by atomic mass is 10.2. The second-order valence-corrected chi connectivity index (χ2v) is 3.97.